The summed E-state index contributed by atoms with van der Waals surface area (Å²) in [7, 11) is 1.88. The van der Waals surface area contributed by atoms with Crippen molar-refractivity contribution in [3.05, 3.63) is 47.8 Å². The number of pyridine rings is 1. The molecule has 0 fully saturated rings. The second kappa shape index (κ2) is 6.43. The maximum absolute atomic E-state index is 13.9. The first-order valence-corrected chi connectivity index (χ1v) is 6.51. The van der Waals surface area contributed by atoms with E-state index in [1.54, 1.807) is 16.9 Å². The molecule has 2 heterocycles. The predicted molar refractivity (Wildman–Crippen MR) is 72.1 cm³/mol. The monoisotopic (exact) mass is 262 g/mol. The minimum absolute atomic E-state index is 0.0489. The lowest BCUT2D eigenvalue weighted by atomic mass is 10.0. The smallest absolute Gasteiger partial charge is 0.146 e. The summed E-state index contributed by atoms with van der Waals surface area (Å²) in [6.07, 6.45) is 8.39. The third kappa shape index (κ3) is 3.61. The Morgan fingerprint density at radius 3 is 2.89 bits per heavy atom. The summed E-state index contributed by atoms with van der Waals surface area (Å²) < 4.78 is 15.6. The van der Waals surface area contributed by atoms with E-state index < -0.39 is 0 Å². The summed E-state index contributed by atoms with van der Waals surface area (Å²) >= 11 is 0. The maximum atomic E-state index is 13.9. The Hall–Kier alpha value is -1.75. The first-order valence-electron chi connectivity index (χ1n) is 6.51. The van der Waals surface area contributed by atoms with Gasteiger partial charge in [-0.05, 0) is 31.0 Å². The molecule has 0 saturated carbocycles. The Morgan fingerprint density at radius 1 is 1.42 bits per heavy atom. The molecular weight excluding hydrogens is 243 g/mol. The summed E-state index contributed by atoms with van der Waals surface area (Å²) in [6.45, 7) is 2.95. The van der Waals surface area contributed by atoms with Gasteiger partial charge in [0.25, 0.3) is 0 Å². The minimum Gasteiger partial charge on any atom is -0.310 e. The topological polar surface area (TPSA) is 42.7 Å². The zero-order valence-corrected chi connectivity index (χ0v) is 11.3. The molecular formula is C14H19FN4. The molecule has 4 nitrogen and oxygen atoms in total. The molecule has 0 aliphatic heterocycles. The van der Waals surface area contributed by atoms with Crippen LogP contribution in [-0.2, 0) is 13.5 Å². The Bertz CT molecular complexity index is 524. The van der Waals surface area contributed by atoms with E-state index in [0.29, 0.717) is 5.56 Å². The molecule has 102 valence electrons. The van der Waals surface area contributed by atoms with E-state index in [9.17, 15) is 4.39 Å². The number of halogens is 1. The van der Waals surface area contributed by atoms with Crippen molar-refractivity contribution < 1.29 is 4.39 Å². The number of nitrogens with one attached hydrogen (secondary N) is 1. The fourth-order valence-electron chi connectivity index (χ4n) is 2.09. The predicted octanol–water partition coefficient (Wildman–Crippen LogP) is 2.24. The van der Waals surface area contributed by atoms with E-state index in [0.717, 1.165) is 24.9 Å². The molecule has 0 radical (unpaired) electrons. The average Bonchev–Trinajstić information content (AvgIpc) is 2.81. The van der Waals surface area contributed by atoms with Crippen LogP contribution in [-0.4, -0.2) is 21.3 Å². The van der Waals surface area contributed by atoms with E-state index in [1.807, 2.05) is 19.4 Å². The van der Waals surface area contributed by atoms with Crippen LogP contribution in [0.2, 0.25) is 0 Å². The summed E-state index contributed by atoms with van der Waals surface area (Å²) in [4.78, 5) is 3.80. The number of hydrogen-bond donors (Lipinski definition) is 1. The Labute approximate surface area is 112 Å². The molecule has 2 aromatic heterocycles. The third-order valence-electron chi connectivity index (χ3n) is 3.02. The Balaban J connectivity index is 2.18. The molecule has 5 heteroatoms. The van der Waals surface area contributed by atoms with Crippen LogP contribution in [0.5, 0.6) is 0 Å². The quantitative estimate of drug-likeness (QED) is 0.868. The van der Waals surface area contributed by atoms with Crippen molar-refractivity contribution in [2.45, 2.75) is 25.8 Å². The molecule has 0 aliphatic rings. The fraction of sp³-hybridized carbons (Fsp3) is 0.429. The molecule has 1 unspecified atom stereocenters. The van der Waals surface area contributed by atoms with Gasteiger partial charge >= 0.3 is 0 Å². The summed E-state index contributed by atoms with van der Waals surface area (Å²) in [5, 5.41) is 7.53. The van der Waals surface area contributed by atoms with Gasteiger partial charge in [0.1, 0.15) is 5.82 Å². The highest BCUT2D eigenvalue weighted by atomic mass is 19.1. The van der Waals surface area contributed by atoms with Gasteiger partial charge in [-0.2, -0.15) is 5.10 Å². The van der Waals surface area contributed by atoms with Crippen LogP contribution in [0.25, 0.3) is 0 Å². The zero-order valence-electron chi connectivity index (χ0n) is 11.3. The van der Waals surface area contributed by atoms with Crippen LogP contribution in [0.1, 0.15) is 30.5 Å². The first-order chi connectivity index (χ1) is 9.20. The van der Waals surface area contributed by atoms with Gasteiger partial charge in [-0.1, -0.05) is 6.92 Å². The molecule has 2 rings (SSSR count). The van der Waals surface area contributed by atoms with Crippen LogP contribution >= 0.6 is 0 Å². The van der Waals surface area contributed by atoms with Gasteiger partial charge in [0.15, 0.2) is 0 Å². The third-order valence-corrected chi connectivity index (χ3v) is 3.02. The summed E-state index contributed by atoms with van der Waals surface area (Å²) in [5.41, 5.74) is 1.75. The van der Waals surface area contributed by atoms with Crippen molar-refractivity contribution in [2.75, 3.05) is 6.54 Å². The van der Waals surface area contributed by atoms with Crippen molar-refractivity contribution in [3.8, 4) is 0 Å². The molecule has 2 aromatic rings. The van der Waals surface area contributed by atoms with Gasteiger partial charge in [-0.3, -0.25) is 9.67 Å². The molecule has 0 spiro atoms. The number of hydrogen-bond acceptors (Lipinski definition) is 3. The lowest BCUT2D eigenvalue weighted by molar-refractivity contribution is 0.495. The molecule has 0 saturated heterocycles. The number of rotatable bonds is 6. The molecule has 0 amide bonds. The van der Waals surface area contributed by atoms with E-state index in [4.69, 9.17) is 0 Å². The van der Waals surface area contributed by atoms with Gasteiger partial charge in [0.05, 0.1) is 12.4 Å². The van der Waals surface area contributed by atoms with Crippen LogP contribution in [0.4, 0.5) is 4.39 Å². The second-order valence-corrected chi connectivity index (χ2v) is 4.63. The number of aryl methyl sites for hydroxylation is 1. The van der Waals surface area contributed by atoms with Gasteiger partial charge < -0.3 is 5.32 Å². The maximum Gasteiger partial charge on any atom is 0.146 e. The normalized spacial score (nSPS) is 12.6. The summed E-state index contributed by atoms with van der Waals surface area (Å²) in [6, 6.07) is 1.69. The minimum atomic E-state index is -0.264. The highest BCUT2D eigenvalue weighted by Crippen LogP contribution is 2.20. The highest BCUT2D eigenvalue weighted by molar-refractivity contribution is 5.20. The fourth-order valence-corrected chi connectivity index (χ4v) is 2.09. The molecule has 19 heavy (non-hydrogen) atoms. The number of aromatic nitrogens is 3. The van der Waals surface area contributed by atoms with E-state index >= 15 is 0 Å². The van der Waals surface area contributed by atoms with Crippen molar-refractivity contribution in [2.24, 2.45) is 7.05 Å². The van der Waals surface area contributed by atoms with Crippen LogP contribution in [0.3, 0.4) is 0 Å². The highest BCUT2D eigenvalue weighted by Gasteiger charge is 2.16. The molecule has 0 bridgehead atoms. The largest absolute Gasteiger partial charge is 0.310 e. The van der Waals surface area contributed by atoms with E-state index in [2.05, 4.69) is 22.3 Å². The molecule has 0 aromatic carbocycles. The van der Waals surface area contributed by atoms with Crippen LogP contribution < -0.4 is 5.32 Å². The molecule has 1 atom stereocenters. The van der Waals surface area contributed by atoms with Crippen molar-refractivity contribution in [1.29, 1.82) is 0 Å². The van der Waals surface area contributed by atoms with E-state index in [1.165, 1.54) is 6.20 Å². The lowest BCUT2D eigenvalue weighted by Gasteiger charge is -2.18. The zero-order chi connectivity index (χ0) is 13.7. The van der Waals surface area contributed by atoms with Crippen LogP contribution in [0.15, 0.2) is 30.9 Å². The lowest BCUT2D eigenvalue weighted by Crippen LogP contribution is -2.25. The first kappa shape index (κ1) is 13.7. The average molecular weight is 262 g/mol. The number of nitrogens with zero attached hydrogens (tertiary/aromatic N) is 3. The van der Waals surface area contributed by atoms with Crippen molar-refractivity contribution in [1.82, 2.24) is 20.1 Å². The van der Waals surface area contributed by atoms with Gasteiger partial charge in [0, 0.05) is 31.0 Å². The Morgan fingerprint density at radius 2 is 2.26 bits per heavy atom. The molecule has 1 N–H and O–H groups in total. The van der Waals surface area contributed by atoms with Crippen molar-refractivity contribution in [3.63, 3.8) is 0 Å². The second-order valence-electron chi connectivity index (χ2n) is 4.63. The molecule has 0 aliphatic carbocycles. The van der Waals surface area contributed by atoms with Crippen molar-refractivity contribution >= 4 is 0 Å². The van der Waals surface area contributed by atoms with Gasteiger partial charge in [-0.15, -0.1) is 0 Å². The SMILES string of the molecule is CCCNC(Cc1cnn(C)c1)c1ccncc1F. The summed E-state index contributed by atoms with van der Waals surface area (Å²) in [5.74, 6) is -0.264. The van der Waals surface area contributed by atoms with Crippen LogP contribution in [0, 0.1) is 5.82 Å². The van der Waals surface area contributed by atoms with Gasteiger partial charge in [-0.25, -0.2) is 4.39 Å². The van der Waals surface area contributed by atoms with Gasteiger partial charge in [0.2, 0.25) is 0 Å². The standard InChI is InChI=1S/C14H19FN4/c1-3-5-17-14(7-11-8-18-19(2)10-11)12-4-6-16-9-13(12)15/h4,6,8-10,14,17H,3,5,7H2,1-2H3. The Kier molecular flexibility index (Phi) is 4.63. The van der Waals surface area contributed by atoms with E-state index in [-0.39, 0.29) is 11.9 Å².